The zero-order valence-corrected chi connectivity index (χ0v) is 23.3. The Kier molecular flexibility index (Phi) is 15.1. The van der Waals surface area contributed by atoms with E-state index in [9.17, 15) is 28.1 Å². The van der Waals surface area contributed by atoms with Crippen molar-refractivity contribution in [2.24, 2.45) is 5.92 Å². The van der Waals surface area contributed by atoms with Gasteiger partial charge in [0.25, 0.3) is 5.09 Å². The first-order valence-corrected chi connectivity index (χ1v) is 13.8. The van der Waals surface area contributed by atoms with Gasteiger partial charge in [-0.2, -0.15) is 13.2 Å². The van der Waals surface area contributed by atoms with Crippen molar-refractivity contribution in [2.45, 2.75) is 77.7 Å². The van der Waals surface area contributed by atoms with Crippen LogP contribution in [0, 0.1) is 16.0 Å². The van der Waals surface area contributed by atoms with Gasteiger partial charge in [0.15, 0.2) is 0 Å². The number of unbranched alkanes of at least 4 members (excludes halogenated alkanes) is 1. The molecule has 0 spiro atoms. The Morgan fingerprint density at radius 3 is 2.39 bits per heavy atom. The maximum absolute atomic E-state index is 12.5. The van der Waals surface area contributed by atoms with E-state index in [2.05, 4.69) is 17.0 Å². The van der Waals surface area contributed by atoms with Crippen molar-refractivity contribution in [1.29, 1.82) is 0 Å². The molecule has 41 heavy (non-hydrogen) atoms. The molecular formula is C31H38F3NO6. The second-order valence-electron chi connectivity index (χ2n) is 9.52. The minimum atomic E-state index is -4.32. The minimum Gasteiger partial charge on any atom is -0.493 e. The number of carbonyl (C=O) groups is 1. The zero-order valence-electron chi connectivity index (χ0n) is 23.3. The molecule has 3 rings (SSSR count). The third kappa shape index (κ3) is 14.4. The molecular weight excluding hydrogens is 539 g/mol. The first kappa shape index (κ1) is 33.4. The molecule has 1 fully saturated rings. The predicted octanol–water partition coefficient (Wildman–Crippen LogP) is 8.41. The lowest BCUT2D eigenvalue weighted by atomic mass is 10.1. The van der Waals surface area contributed by atoms with Crippen molar-refractivity contribution >= 4 is 5.97 Å². The summed E-state index contributed by atoms with van der Waals surface area (Å²) in [4.78, 5) is 26.1. The fraction of sp³-hybridized carbons (Fsp3) is 0.452. The largest absolute Gasteiger partial charge is 0.493 e. The molecule has 0 saturated heterocycles. The van der Waals surface area contributed by atoms with Gasteiger partial charge in [0, 0.05) is 6.42 Å². The molecule has 1 aliphatic rings. The molecule has 2 aromatic rings. The Labute approximate surface area is 239 Å². The smallest absolute Gasteiger partial charge is 0.416 e. The number of rotatable bonds is 14. The first-order valence-electron chi connectivity index (χ1n) is 13.8. The molecule has 0 unspecified atom stereocenters. The highest BCUT2D eigenvalue weighted by Crippen LogP contribution is 2.31. The summed E-state index contributed by atoms with van der Waals surface area (Å²) < 4.78 is 48.1. The number of hydrogen-bond acceptors (Lipinski definition) is 6. The lowest BCUT2D eigenvalue weighted by Gasteiger charge is -2.09. The molecule has 0 aromatic heterocycles. The molecule has 10 heteroatoms. The number of nitrogens with zero attached hydrogens (tertiary/aromatic N) is 1. The predicted molar refractivity (Wildman–Crippen MR) is 149 cm³/mol. The van der Waals surface area contributed by atoms with E-state index >= 15 is 0 Å². The Hall–Kier alpha value is -3.82. The van der Waals surface area contributed by atoms with Gasteiger partial charge in [0.05, 0.1) is 12.2 Å². The molecule has 0 atom stereocenters. The van der Waals surface area contributed by atoms with Crippen LogP contribution in [0.3, 0.4) is 0 Å². The fourth-order valence-electron chi connectivity index (χ4n) is 4.17. The van der Waals surface area contributed by atoms with E-state index < -0.39 is 16.8 Å². The Bertz CT molecular complexity index is 1130. The molecule has 0 heterocycles. The van der Waals surface area contributed by atoms with Gasteiger partial charge >= 0.3 is 12.1 Å². The van der Waals surface area contributed by atoms with Gasteiger partial charge in [-0.25, -0.2) is 0 Å². The molecule has 7 nitrogen and oxygen atoms in total. The van der Waals surface area contributed by atoms with Crippen LogP contribution in [-0.4, -0.2) is 17.7 Å². The Morgan fingerprint density at radius 2 is 1.73 bits per heavy atom. The van der Waals surface area contributed by atoms with Crippen molar-refractivity contribution in [3.8, 4) is 5.75 Å². The molecule has 0 bridgehead atoms. The number of carbonyl (C=O) groups excluding carboxylic acids is 1. The first-order chi connectivity index (χ1) is 19.7. The lowest BCUT2D eigenvalue weighted by Crippen LogP contribution is -2.07. The van der Waals surface area contributed by atoms with Gasteiger partial charge < -0.3 is 14.3 Å². The molecule has 224 valence electrons. The molecule has 1 saturated carbocycles. The van der Waals surface area contributed by atoms with Crippen LogP contribution in [0.25, 0.3) is 0 Å². The monoisotopic (exact) mass is 577 g/mol. The Balaban J connectivity index is 0.000000287. The summed E-state index contributed by atoms with van der Waals surface area (Å²) in [5, 5.41) is 9.37. The minimum absolute atomic E-state index is 0.0969. The van der Waals surface area contributed by atoms with Crippen molar-refractivity contribution in [3.05, 3.63) is 99.6 Å². The zero-order chi connectivity index (χ0) is 29.9. The molecule has 0 radical (unpaired) electrons. The maximum Gasteiger partial charge on any atom is 0.416 e. The number of ether oxygens (including phenoxy) is 2. The quantitative estimate of drug-likeness (QED) is 0.0737. The summed E-state index contributed by atoms with van der Waals surface area (Å²) in [7, 11) is 0. The Morgan fingerprint density at radius 1 is 1.02 bits per heavy atom. The van der Waals surface area contributed by atoms with Crippen molar-refractivity contribution in [2.75, 3.05) is 6.61 Å². The van der Waals surface area contributed by atoms with Gasteiger partial charge in [-0.1, -0.05) is 67.5 Å². The molecule has 0 N–H and O–H groups in total. The number of allylic oxidation sites excluding steroid dienone is 3. The molecule has 0 aliphatic heterocycles. The standard InChI is InChI=1S/C16H19F3O.C15H19NO5/c17-16(18,19)14-9-5-10-15(12-14)20-11-4-3-8-13-6-1-2-7-13;1-2-3-4-5-10-15(17)20-11-13-8-6-7-9-14(13)12-21-16(18)19/h3,5,8-10,12-13H,1-2,4,6-7,11H2;2-3,6-9H,4-5,10-12H2,1H3/b8-3+;3-2-. The molecule has 0 amide bonds. The van der Waals surface area contributed by atoms with E-state index in [1.54, 1.807) is 30.3 Å². The highest BCUT2D eigenvalue weighted by Gasteiger charge is 2.30. The van der Waals surface area contributed by atoms with Crippen LogP contribution in [0.15, 0.2) is 72.8 Å². The van der Waals surface area contributed by atoms with Crippen LogP contribution >= 0.6 is 0 Å². The van der Waals surface area contributed by atoms with Gasteiger partial charge in [0.2, 0.25) is 0 Å². The highest BCUT2D eigenvalue weighted by atomic mass is 19.4. The summed E-state index contributed by atoms with van der Waals surface area (Å²) >= 11 is 0. The summed E-state index contributed by atoms with van der Waals surface area (Å²) in [6.45, 7) is 2.29. The second-order valence-corrected chi connectivity index (χ2v) is 9.52. The van der Waals surface area contributed by atoms with E-state index in [4.69, 9.17) is 9.47 Å². The number of hydrogen-bond donors (Lipinski definition) is 0. The number of halogens is 3. The second kappa shape index (κ2) is 18.5. The van der Waals surface area contributed by atoms with Crippen molar-refractivity contribution < 1.29 is 37.4 Å². The van der Waals surface area contributed by atoms with Gasteiger partial charge in [-0.15, -0.1) is 10.1 Å². The molecule has 2 aromatic carbocycles. The topological polar surface area (TPSA) is 87.9 Å². The summed E-state index contributed by atoms with van der Waals surface area (Å²) in [6, 6.07) is 12.0. The SMILES string of the molecule is C/C=C\CCCC(=O)OCc1ccccc1CO[N+](=O)[O-].FC(F)(F)c1cccc(OCC/C=C/C2CCCC2)c1. The normalized spacial score (nSPS) is 13.7. The average Bonchev–Trinajstić information content (AvgIpc) is 3.47. The van der Waals surface area contributed by atoms with E-state index in [0.717, 1.165) is 31.4 Å². The van der Waals surface area contributed by atoms with E-state index in [0.29, 0.717) is 30.1 Å². The number of esters is 1. The van der Waals surface area contributed by atoms with Crippen LogP contribution in [-0.2, 0) is 33.8 Å². The van der Waals surface area contributed by atoms with Crippen LogP contribution in [0.4, 0.5) is 13.2 Å². The summed E-state index contributed by atoms with van der Waals surface area (Å²) in [6.07, 6.45) is 11.7. The summed E-state index contributed by atoms with van der Waals surface area (Å²) in [5.74, 6) is 0.683. The fourth-order valence-corrected chi connectivity index (χ4v) is 4.17. The van der Waals surface area contributed by atoms with Crippen LogP contribution < -0.4 is 4.74 Å². The van der Waals surface area contributed by atoms with Crippen LogP contribution in [0.5, 0.6) is 5.75 Å². The third-order valence-corrected chi connectivity index (χ3v) is 6.34. The van der Waals surface area contributed by atoms with Crippen LogP contribution in [0.1, 0.15) is 75.0 Å². The van der Waals surface area contributed by atoms with Gasteiger partial charge in [-0.05, 0) is 74.3 Å². The van der Waals surface area contributed by atoms with Crippen molar-refractivity contribution in [3.63, 3.8) is 0 Å². The van der Waals surface area contributed by atoms with Gasteiger partial charge in [-0.3, -0.25) is 4.79 Å². The lowest BCUT2D eigenvalue weighted by molar-refractivity contribution is -0.763. The van der Waals surface area contributed by atoms with Crippen LogP contribution in [0.2, 0.25) is 0 Å². The molecule has 1 aliphatic carbocycles. The average molecular weight is 578 g/mol. The van der Waals surface area contributed by atoms with E-state index in [1.165, 1.54) is 31.7 Å². The van der Waals surface area contributed by atoms with E-state index in [1.807, 2.05) is 19.1 Å². The number of benzene rings is 2. The van der Waals surface area contributed by atoms with Crippen molar-refractivity contribution in [1.82, 2.24) is 0 Å². The highest BCUT2D eigenvalue weighted by molar-refractivity contribution is 5.69. The number of alkyl halides is 3. The maximum atomic E-state index is 12.5. The third-order valence-electron chi connectivity index (χ3n) is 6.34. The summed E-state index contributed by atoms with van der Waals surface area (Å²) in [5.41, 5.74) is 0.675. The van der Waals surface area contributed by atoms with Gasteiger partial charge in [0.1, 0.15) is 19.0 Å². The van der Waals surface area contributed by atoms with E-state index in [-0.39, 0.29) is 24.9 Å².